The molecule has 0 radical (unpaired) electrons. The minimum atomic E-state index is -0.398. The van der Waals surface area contributed by atoms with Gasteiger partial charge in [0.15, 0.2) is 11.5 Å². The first-order chi connectivity index (χ1) is 16.5. The van der Waals surface area contributed by atoms with Crippen LogP contribution < -0.4 is 19.5 Å². The fourth-order valence-electron chi connectivity index (χ4n) is 4.37. The molecule has 0 bridgehead atoms. The highest BCUT2D eigenvalue weighted by atomic mass is 16.5. The maximum absolute atomic E-state index is 13.2. The molecule has 0 aliphatic carbocycles. The minimum absolute atomic E-state index is 0.00155. The van der Waals surface area contributed by atoms with Crippen LogP contribution in [0.2, 0.25) is 0 Å². The molecule has 3 rings (SSSR count). The number of benzene rings is 2. The van der Waals surface area contributed by atoms with E-state index >= 15 is 0 Å². The third-order valence-electron chi connectivity index (χ3n) is 6.15. The standard InChI is InChI=1S/C26H34N2O6/c1-31-12-8-11-27-26(30)21-17-28(24(29)13-18-9-6-5-7-10-18)16-20(21)19-14-22(32-2)25(34-4)23(15-19)33-3/h5-7,9-10,14-15,20-21H,8,11-13,16-17H2,1-4H3,(H,27,30)/t20-,21+/m1/s1. The Morgan fingerprint density at radius 1 is 0.971 bits per heavy atom. The summed E-state index contributed by atoms with van der Waals surface area (Å²) in [4.78, 5) is 28.1. The van der Waals surface area contributed by atoms with E-state index in [1.165, 1.54) is 0 Å². The van der Waals surface area contributed by atoms with Crippen LogP contribution in [0.15, 0.2) is 42.5 Å². The van der Waals surface area contributed by atoms with Gasteiger partial charge in [-0.3, -0.25) is 9.59 Å². The molecular formula is C26H34N2O6. The molecular weight excluding hydrogens is 436 g/mol. The van der Waals surface area contributed by atoms with E-state index in [2.05, 4.69) is 5.32 Å². The summed E-state index contributed by atoms with van der Waals surface area (Å²) < 4.78 is 21.6. The molecule has 1 aliphatic heterocycles. The number of hydrogen-bond acceptors (Lipinski definition) is 6. The van der Waals surface area contributed by atoms with Gasteiger partial charge in [0.05, 0.1) is 33.7 Å². The lowest BCUT2D eigenvalue weighted by molar-refractivity contribution is -0.130. The molecule has 8 heteroatoms. The number of amides is 2. The Kier molecular flexibility index (Phi) is 9.16. The fourth-order valence-corrected chi connectivity index (χ4v) is 4.37. The number of rotatable bonds is 11. The Balaban J connectivity index is 1.86. The molecule has 0 aromatic heterocycles. The molecule has 2 atom stereocenters. The number of carbonyl (C=O) groups is 2. The van der Waals surface area contributed by atoms with Crippen LogP contribution in [0, 0.1) is 5.92 Å². The Labute approximate surface area is 201 Å². The van der Waals surface area contributed by atoms with E-state index in [4.69, 9.17) is 18.9 Å². The van der Waals surface area contributed by atoms with Crippen molar-refractivity contribution < 1.29 is 28.5 Å². The van der Waals surface area contributed by atoms with Crippen molar-refractivity contribution in [3.63, 3.8) is 0 Å². The molecule has 8 nitrogen and oxygen atoms in total. The topological polar surface area (TPSA) is 86.3 Å². The summed E-state index contributed by atoms with van der Waals surface area (Å²) in [6, 6.07) is 13.4. The van der Waals surface area contributed by atoms with Crippen molar-refractivity contribution >= 4 is 11.8 Å². The normalized spacial score (nSPS) is 17.4. The number of likely N-dealkylation sites (tertiary alicyclic amines) is 1. The lowest BCUT2D eigenvalue weighted by Gasteiger charge is -2.21. The van der Waals surface area contributed by atoms with Gasteiger partial charge in [0.25, 0.3) is 0 Å². The first-order valence-electron chi connectivity index (χ1n) is 11.4. The van der Waals surface area contributed by atoms with Gasteiger partial charge < -0.3 is 29.2 Å². The molecule has 1 N–H and O–H groups in total. The van der Waals surface area contributed by atoms with Crippen molar-refractivity contribution in [2.24, 2.45) is 5.92 Å². The van der Waals surface area contributed by atoms with Gasteiger partial charge in [-0.1, -0.05) is 30.3 Å². The van der Waals surface area contributed by atoms with Crippen LogP contribution in [0.5, 0.6) is 17.2 Å². The van der Waals surface area contributed by atoms with Crippen molar-refractivity contribution in [3.8, 4) is 17.2 Å². The SMILES string of the molecule is COCCCNC(=O)[C@H]1CN(C(=O)Cc2ccccc2)C[C@@H]1c1cc(OC)c(OC)c(OC)c1. The third kappa shape index (κ3) is 5.99. The third-order valence-corrected chi connectivity index (χ3v) is 6.15. The first-order valence-corrected chi connectivity index (χ1v) is 11.4. The molecule has 2 amide bonds. The van der Waals surface area contributed by atoms with E-state index < -0.39 is 5.92 Å². The van der Waals surface area contributed by atoms with E-state index in [0.717, 1.165) is 17.5 Å². The zero-order chi connectivity index (χ0) is 24.5. The quantitative estimate of drug-likeness (QED) is 0.508. The fraction of sp³-hybridized carbons (Fsp3) is 0.462. The zero-order valence-electron chi connectivity index (χ0n) is 20.3. The minimum Gasteiger partial charge on any atom is -0.493 e. The second-order valence-corrected chi connectivity index (χ2v) is 8.27. The van der Waals surface area contributed by atoms with E-state index in [1.54, 1.807) is 33.3 Å². The zero-order valence-corrected chi connectivity index (χ0v) is 20.3. The van der Waals surface area contributed by atoms with Crippen LogP contribution >= 0.6 is 0 Å². The van der Waals surface area contributed by atoms with Crippen LogP contribution in [0.4, 0.5) is 0 Å². The van der Waals surface area contributed by atoms with Crippen molar-refractivity contribution in [1.29, 1.82) is 0 Å². The molecule has 2 aromatic carbocycles. The van der Waals surface area contributed by atoms with Crippen LogP contribution in [-0.2, 0) is 20.7 Å². The molecule has 184 valence electrons. The summed E-state index contributed by atoms with van der Waals surface area (Å²) in [5.74, 6) is 0.837. The molecule has 2 aromatic rings. The van der Waals surface area contributed by atoms with Crippen LogP contribution in [-0.4, -0.2) is 71.4 Å². The Morgan fingerprint density at radius 2 is 1.65 bits per heavy atom. The molecule has 0 saturated carbocycles. The number of hydrogen-bond donors (Lipinski definition) is 1. The highest BCUT2D eigenvalue weighted by Gasteiger charge is 2.41. The van der Waals surface area contributed by atoms with E-state index in [0.29, 0.717) is 49.9 Å². The van der Waals surface area contributed by atoms with Gasteiger partial charge in [-0.15, -0.1) is 0 Å². The maximum atomic E-state index is 13.2. The molecule has 1 fully saturated rings. The van der Waals surface area contributed by atoms with Gasteiger partial charge in [-0.25, -0.2) is 0 Å². The van der Waals surface area contributed by atoms with Gasteiger partial charge >= 0.3 is 0 Å². The number of carbonyl (C=O) groups excluding carboxylic acids is 2. The number of ether oxygens (including phenoxy) is 4. The average Bonchev–Trinajstić information content (AvgIpc) is 3.32. The lowest BCUT2D eigenvalue weighted by atomic mass is 9.88. The number of nitrogens with one attached hydrogen (secondary N) is 1. The monoisotopic (exact) mass is 470 g/mol. The van der Waals surface area contributed by atoms with E-state index in [-0.39, 0.29) is 17.7 Å². The predicted molar refractivity (Wildman–Crippen MR) is 129 cm³/mol. The van der Waals surface area contributed by atoms with Gasteiger partial charge in [0.1, 0.15) is 0 Å². The van der Waals surface area contributed by atoms with Gasteiger partial charge in [0, 0.05) is 39.3 Å². The smallest absolute Gasteiger partial charge is 0.227 e. The molecule has 0 unspecified atom stereocenters. The molecule has 0 spiro atoms. The van der Waals surface area contributed by atoms with Gasteiger partial charge in [-0.05, 0) is 29.7 Å². The van der Waals surface area contributed by atoms with Crippen molar-refractivity contribution in [2.75, 3.05) is 54.7 Å². The van der Waals surface area contributed by atoms with Crippen LogP contribution in [0.3, 0.4) is 0 Å². The van der Waals surface area contributed by atoms with Gasteiger partial charge in [0.2, 0.25) is 17.6 Å². The Hall–Kier alpha value is -3.26. The summed E-state index contributed by atoms with van der Waals surface area (Å²) in [6.45, 7) is 1.87. The van der Waals surface area contributed by atoms with Crippen LogP contribution in [0.1, 0.15) is 23.5 Å². The largest absolute Gasteiger partial charge is 0.493 e. The van der Waals surface area contributed by atoms with Crippen molar-refractivity contribution in [2.45, 2.75) is 18.8 Å². The summed E-state index contributed by atoms with van der Waals surface area (Å²) in [5, 5.41) is 3.00. The predicted octanol–water partition coefficient (Wildman–Crippen LogP) is 2.65. The van der Waals surface area contributed by atoms with Crippen molar-refractivity contribution in [3.05, 3.63) is 53.6 Å². The maximum Gasteiger partial charge on any atom is 0.227 e. The molecule has 1 aliphatic rings. The second-order valence-electron chi connectivity index (χ2n) is 8.27. The summed E-state index contributed by atoms with van der Waals surface area (Å²) in [6.07, 6.45) is 1.02. The first kappa shape index (κ1) is 25.4. The second kappa shape index (κ2) is 12.3. The van der Waals surface area contributed by atoms with E-state index in [9.17, 15) is 9.59 Å². The highest BCUT2D eigenvalue weighted by Crippen LogP contribution is 2.43. The molecule has 34 heavy (non-hydrogen) atoms. The summed E-state index contributed by atoms with van der Waals surface area (Å²) >= 11 is 0. The summed E-state index contributed by atoms with van der Waals surface area (Å²) in [5.41, 5.74) is 1.81. The molecule has 1 saturated heterocycles. The lowest BCUT2D eigenvalue weighted by Crippen LogP contribution is -2.36. The highest BCUT2D eigenvalue weighted by molar-refractivity contribution is 5.84. The Bertz CT molecular complexity index is 940. The number of methoxy groups -OCH3 is 4. The van der Waals surface area contributed by atoms with Crippen LogP contribution in [0.25, 0.3) is 0 Å². The van der Waals surface area contributed by atoms with Gasteiger partial charge in [-0.2, -0.15) is 0 Å². The van der Waals surface area contributed by atoms with Crippen molar-refractivity contribution in [1.82, 2.24) is 10.2 Å². The summed E-state index contributed by atoms with van der Waals surface area (Å²) in [7, 11) is 6.31. The number of nitrogens with zero attached hydrogens (tertiary/aromatic N) is 1. The van der Waals surface area contributed by atoms with E-state index in [1.807, 2.05) is 42.5 Å². The average molecular weight is 471 g/mol. The Morgan fingerprint density at radius 3 is 2.24 bits per heavy atom. The molecule has 1 heterocycles.